The first kappa shape index (κ1) is 10.6. The highest BCUT2D eigenvalue weighted by Crippen LogP contribution is 2.04. The Hall–Kier alpha value is -1.88. The standard InChI is InChI=1S/C11H11N3OS/c16-11(12-8-10-6-7-15-14-10)13-9-4-2-1-3-5-9/h1-7H,8H2,(H2,12,13,16). The smallest absolute Gasteiger partial charge is 0.171 e. The van der Waals surface area contributed by atoms with Gasteiger partial charge in [-0.05, 0) is 24.4 Å². The van der Waals surface area contributed by atoms with Crippen LogP contribution in [0.25, 0.3) is 0 Å². The third-order valence-corrected chi connectivity index (χ3v) is 2.20. The highest BCUT2D eigenvalue weighted by Gasteiger charge is 1.99. The van der Waals surface area contributed by atoms with Crippen LogP contribution in [0.3, 0.4) is 0 Å². The fourth-order valence-electron chi connectivity index (χ4n) is 1.20. The lowest BCUT2D eigenvalue weighted by Gasteiger charge is -2.08. The number of nitrogens with one attached hydrogen (secondary N) is 2. The summed E-state index contributed by atoms with van der Waals surface area (Å²) < 4.78 is 4.71. The van der Waals surface area contributed by atoms with E-state index in [0.717, 1.165) is 11.4 Å². The molecule has 0 atom stereocenters. The van der Waals surface area contributed by atoms with Crippen LogP contribution in [0.2, 0.25) is 0 Å². The van der Waals surface area contributed by atoms with Crippen molar-refractivity contribution in [2.45, 2.75) is 6.54 Å². The molecule has 0 aliphatic heterocycles. The SMILES string of the molecule is S=C(NCc1ccon1)Nc1ccccc1. The van der Waals surface area contributed by atoms with Gasteiger partial charge in [0.05, 0.1) is 6.54 Å². The van der Waals surface area contributed by atoms with E-state index in [2.05, 4.69) is 15.8 Å². The van der Waals surface area contributed by atoms with E-state index in [9.17, 15) is 0 Å². The number of anilines is 1. The van der Waals surface area contributed by atoms with Gasteiger partial charge in [0.15, 0.2) is 5.11 Å². The molecule has 0 bridgehead atoms. The quantitative estimate of drug-likeness (QED) is 0.796. The summed E-state index contributed by atoms with van der Waals surface area (Å²) in [6.45, 7) is 0.551. The molecule has 0 fully saturated rings. The number of benzene rings is 1. The van der Waals surface area contributed by atoms with E-state index in [1.807, 2.05) is 30.3 Å². The summed E-state index contributed by atoms with van der Waals surface area (Å²) >= 11 is 5.13. The average Bonchev–Trinajstić information content (AvgIpc) is 2.81. The molecular weight excluding hydrogens is 222 g/mol. The zero-order valence-corrected chi connectivity index (χ0v) is 9.33. The second-order valence-electron chi connectivity index (χ2n) is 3.16. The van der Waals surface area contributed by atoms with E-state index in [0.29, 0.717) is 11.7 Å². The Morgan fingerprint density at radius 1 is 1.25 bits per heavy atom. The molecule has 4 nitrogen and oxygen atoms in total. The molecule has 0 saturated heterocycles. The van der Waals surface area contributed by atoms with Gasteiger partial charge < -0.3 is 15.2 Å². The molecule has 0 spiro atoms. The largest absolute Gasteiger partial charge is 0.364 e. The van der Waals surface area contributed by atoms with E-state index in [1.165, 1.54) is 6.26 Å². The Kier molecular flexibility index (Phi) is 3.50. The van der Waals surface area contributed by atoms with Crippen molar-refractivity contribution in [2.24, 2.45) is 0 Å². The van der Waals surface area contributed by atoms with E-state index in [1.54, 1.807) is 6.07 Å². The first-order valence-electron chi connectivity index (χ1n) is 4.84. The number of thiocarbonyl (C=S) groups is 1. The van der Waals surface area contributed by atoms with Crippen LogP contribution < -0.4 is 10.6 Å². The van der Waals surface area contributed by atoms with E-state index in [-0.39, 0.29) is 0 Å². The van der Waals surface area contributed by atoms with Crippen molar-refractivity contribution < 1.29 is 4.52 Å². The van der Waals surface area contributed by atoms with Crippen molar-refractivity contribution in [1.29, 1.82) is 0 Å². The second-order valence-corrected chi connectivity index (χ2v) is 3.57. The number of rotatable bonds is 3. The van der Waals surface area contributed by atoms with Gasteiger partial charge in [0.1, 0.15) is 12.0 Å². The number of para-hydroxylation sites is 1. The van der Waals surface area contributed by atoms with Gasteiger partial charge in [-0.1, -0.05) is 23.4 Å². The molecule has 1 aromatic heterocycles. The molecule has 16 heavy (non-hydrogen) atoms. The van der Waals surface area contributed by atoms with Crippen molar-refractivity contribution in [1.82, 2.24) is 10.5 Å². The molecule has 1 heterocycles. The highest BCUT2D eigenvalue weighted by molar-refractivity contribution is 7.80. The number of hydrogen-bond donors (Lipinski definition) is 2. The van der Waals surface area contributed by atoms with Gasteiger partial charge in [0.2, 0.25) is 0 Å². The third kappa shape index (κ3) is 3.06. The van der Waals surface area contributed by atoms with E-state index >= 15 is 0 Å². The van der Waals surface area contributed by atoms with Crippen LogP contribution in [-0.2, 0) is 6.54 Å². The Bertz CT molecular complexity index is 442. The molecule has 0 radical (unpaired) electrons. The van der Waals surface area contributed by atoms with Gasteiger partial charge in [-0.25, -0.2) is 0 Å². The van der Waals surface area contributed by atoms with Gasteiger partial charge >= 0.3 is 0 Å². The normalized spacial score (nSPS) is 9.75. The van der Waals surface area contributed by atoms with Gasteiger partial charge in [-0.2, -0.15) is 0 Å². The van der Waals surface area contributed by atoms with Crippen molar-refractivity contribution in [2.75, 3.05) is 5.32 Å². The molecule has 2 rings (SSSR count). The minimum Gasteiger partial charge on any atom is -0.364 e. The van der Waals surface area contributed by atoms with Crippen LogP contribution in [0.15, 0.2) is 47.2 Å². The lowest BCUT2D eigenvalue weighted by molar-refractivity contribution is 0.411. The van der Waals surface area contributed by atoms with Crippen molar-refractivity contribution in [3.8, 4) is 0 Å². The van der Waals surface area contributed by atoms with E-state index in [4.69, 9.17) is 16.7 Å². The minimum atomic E-state index is 0.551. The van der Waals surface area contributed by atoms with Crippen LogP contribution in [-0.4, -0.2) is 10.3 Å². The number of aromatic nitrogens is 1. The molecule has 0 unspecified atom stereocenters. The topological polar surface area (TPSA) is 50.1 Å². The minimum absolute atomic E-state index is 0.551. The van der Waals surface area contributed by atoms with Crippen LogP contribution in [0.1, 0.15) is 5.69 Å². The molecule has 1 aromatic carbocycles. The Morgan fingerprint density at radius 2 is 2.06 bits per heavy atom. The first-order valence-corrected chi connectivity index (χ1v) is 5.24. The second kappa shape index (κ2) is 5.27. The average molecular weight is 233 g/mol. The Labute approximate surface area is 98.6 Å². The highest BCUT2D eigenvalue weighted by atomic mass is 32.1. The summed E-state index contributed by atoms with van der Waals surface area (Å²) in [5, 5.41) is 10.4. The molecule has 0 aliphatic carbocycles. The molecule has 2 aromatic rings. The molecule has 0 aliphatic rings. The van der Waals surface area contributed by atoms with Gasteiger partial charge in [0.25, 0.3) is 0 Å². The van der Waals surface area contributed by atoms with Crippen molar-refractivity contribution in [3.05, 3.63) is 48.4 Å². The third-order valence-electron chi connectivity index (χ3n) is 1.95. The van der Waals surface area contributed by atoms with Crippen LogP contribution in [0, 0.1) is 0 Å². The molecular formula is C11H11N3OS. The maximum Gasteiger partial charge on any atom is 0.171 e. The zero-order chi connectivity index (χ0) is 11.2. The van der Waals surface area contributed by atoms with Crippen molar-refractivity contribution >= 4 is 23.0 Å². The fourth-order valence-corrected chi connectivity index (χ4v) is 1.39. The lowest BCUT2D eigenvalue weighted by atomic mass is 10.3. The molecule has 2 N–H and O–H groups in total. The van der Waals surface area contributed by atoms with Gasteiger partial charge in [-0.3, -0.25) is 0 Å². The summed E-state index contributed by atoms with van der Waals surface area (Å²) in [4.78, 5) is 0. The number of nitrogens with zero attached hydrogens (tertiary/aromatic N) is 1. The maximum absolute atomic E-state index is 5.13. The fraction of sp³-hybridized carbons (Fsp3) is 0.0909. The molecule has 5 heteroatoms. The Morgan fingerprint density at radius 3 is 2.75 bits per heavy atom. The summed E-state index contributed by atoms with van der Waals surface area (Å²) in [7, 11) is 0. The maximum atomic E-state index is 5.13. The zero-order valence-electron chi connectivity index (χ0n) is 8.51. The van der Waals surface area contributed by atoms with Crippen LogP contribution >= 0.6 is 12.2 Å². The van der Waals surface area contributed by atoms with Crippen LogP contribution in [0.4, 0.5) is 5.69 Å². The Balaban J connectivity index is 1.81. The predicted octanol–water partition coefficient (Wildman–Crippen LogP) is 2.16. The summed E-state index contributed by atoms with van der Waals surface area (Å²) in [6.07, 6.45) is 1.53. The number of hydrogen-bond acceptors (Lipinski definition) is 3. The molecule has 0 saturated carbocycles. The predicted molar refractivity (Wildman–Crippen MR) is 66.0 cm³/mol. The van der Waals surface area contributed by atoms with Crippen LogP contribution in [0.5, 0.6) is 0 Å². The molecule has 0 amide bonds. The van der Waals surface area contributed by atoms with Gasteiger partial charge in [-0.15, -0.1) is 0 Å². The molecule has 82 valence electrons. The first-order chi connectivity index (χ1) is 7.84. The summed E-state index contributed by atoms with van der Waals surface area (Å²) in [6, 6.07) is 11.5. The van der Waals surface area contributed by atoms with Gasteiger partial charge in [0, 0.05) is 11.8 Å². The van der Waals surface area contributed by atoms with E-state index < -0.39 is 0 Å². The lowest BCUT2D eigenvalue weighted by Crippen LogP contribution is -2.27. The van der Waals surface area contributed by atoms with Crippen molar-refractivity contribution in [3.63, 3.8) is 0 Å². The summed E-state index contributed by atoms with van der Waals surface area (Å²) in [5.74, 6) is 0. The monoisotopic (exact) mass is 233 g/mol. The summed E-state index contributed by atoms with van der Waals surface area (Å²) in [5.41, 5.74) is 1.78.